The zero-order valence-corrected chi connectivity index (χ0v) is 10.1. The summed E-state index contributed by atoms with van der Waals surface area (Å²) in [6, 6.07) is -0.551. The summed E-state index contributed by atoms with van der Waals surface area (Å²) in [6.45, 7) is 6.14. The lowest BCUT2D eigenvalue weighted by Gasteiger charge is -2.13. The Morgan fingerprint density at radius 3 is 2.62 bits per heavy atom. The van der Waals surface area contributed by atoms with Gasteiger partial charge in [0.05, 0.1) is 0 Å². The molecule has 1 aliphatic heterocycles. The van der Waals surface area contributed by atoms with Gasteiger partial charge in [-0.2, -0.15) is 0 Å². The molecule has 1 rings (SSSR count). The SMILES string of the molecule is CCCNCCN1C(=O)NC(CCC)C1=O. The Morgan fingerprint density at radius 2 is 2.00 bits per heavy atom. The Bertz CT molecular complexity index is 256. The van der Waals surface area contributed by atoms with Crippen LogP contribution in [0, 0.1) is 0 Å². The molecule has 0 bridgehead atoms. The molecule has 0 radical (unpaired) electrons. The monoisotopic (exact) mass is 227 g/mol. The van der Waals surface area contributed by atoms with Crippen molar-refractivity contribution in [3.8, 4) is 0 Å². The number of hydrogen-bond acceptors (Lipinski definition) is 3. The molecule has 1 atom stereocenters. The highest BCUT2D eigenvalue weighted by Gasteiger charge is 2.36. The van der Waals surface area contributed by atoms with Crippen LogP contribution in [0.25, 0.3) is 0 Å². The lowest BCUT2D eigenvalue weighted by Crippen LogP contribution is -2.37. The first kappa shape index (κ1) is 13.0. The van der Waals surface area contributed by atoms with Crippen LogP contribution in [0.1, 0.15) is 33.1 Å². The number of hydrogen-bond donors (Lipinski definition) is 2. The normalized spacial score (nSPS) is 20.4. The minimum atomic E-state index is -0.302. The van der Waals surface area contributed by atoms with Gasteiger partial charge >= 0.3 is 6.03 Å². The predicted octanol–water partition coefficient (Wildman–Crippen LogP) is 0.706. The van der Waals surface area contributed by atoms with E-state index in [0.29, 0.717) is 13.1 Å². The second-order valence-electron chi connectivity index (χ2n) is 4.03. The second kappa shape index (κ2) is 6.48. The van der Waals surface area contributed by atoms with Gasteiger partial charge in [0.15, 0.2) is 0 Å². The van der Waals surface area contributed by atoms with E-state index < -0.39 is 0 Å². The Morgan fingerprint density at radius 1 is 1.25 bits per heavy atom. The standard InChI is InChI=1S/C11H21N3O2/c1-3-5-9-10(15)14(11(16)13-9)8-7-12-6-4-2/h9,12H,3-8H2,1-2H3,(H,13,16). The maximum absolute atomic E-state index is 11.8. The maximum atomic E-state index is 11.8. The molecule has 16 heavy (non-hydrogen) atoms. The lowest BCUT2D eigenvalue weighted by atomic mass is 10.2. The molecule has 1 unspecified atom stereocenters. The van der Waals surface area contributed by atoms with E-state index in [1.807, 2.05) is 6.92 Å². The van der Waals surface area contributed by atoms with Crippen LogP contribution in [-0.2, 0) is 4.79 Å². The van der Waals surface area contributed by atoms with Gasteiger partial charge in [0.1, 0.15) is 6.04 Å². The number of nitrogens with zero attached hydrogens (tertiary/aromatic N) is 1. The molecule has 0 spiro atoms. The van der Waals surface area contributed by atoms with Crippen molar-refractivity contribution in [3.63, 3.8) is 0 Å². The highest BCUT2D eigenvalue weighted by molar-refractivity contribution is 6.04. The lowest BCUT2D eigenvalue weighted by molar-refractivity contribution is -0.127. The molecular weight excluding hydrogens is 206 g/mol. The van der Waals surface area contributed by atoms with Gasteiger partial charge in [0.2, 0.25) is 0 Å². The van der Waals surface area contributed by atoms with Crippen LogP contribution in [0.4, 0.5) is 4.79 Å². The number of rotatable bonds is 7. The molecular formula is C11H21N3O2. The second-order valence-corrected chi connectivity index (χ2v) is 4.03. The van der Waals surface area contributed by atoms with E-state index in [1.165, 1.54) is 4.90 Å². The van der Waals surface area contributed by atoms with Gasteiger partial charge in [-0.3, -0.25) is 9.69 Å². The molecule has 1 fully saturated rings. The molecule has 1 heterocycles. The molecule has 0 aromatic rings. The summed E-state index contributed by atoms with van der Waals surface area (Å²) in [6.07, 6.45) is 2.68. The zero-order valence-electron chi connectivity index (χ0n) is 10.1. The fourth-order valence-electron chi connectivity index (χ4n) is 1.77. The minimum Gasteiger partial charge on any atom is -0.326 e. The maximum Gasteiger partial charge on any atom is 0.324 e. The van der Waals surface area contributed by atoms with Gasteiger partial charge < -0.3 is 10.6 Å². The third kappa shape index (κ3) is 3.20. The van der Waals surface area contributed by atoms with E-state index in [2.05, 4.69) is 17.6 Å². The smallest absolute Gasteiger partial charge is 0.324 e. The summed E-state index contributed by atoms with van der Waals surface area (Å²) in [5.41, 5.74) is 0. The van der Waals surface area contributed by atoms with E-state index in [9.17, 15) is 9.59 Å². The van der Waals surface area contributed by atoms with Crippen LogP contribution in [0.5, 0.6) is 0 Å². The highest BCUT2D eigenvalue weighted by Crippen LogP contribution is 2.10. The molecule has 2 N–H and O–H groups in total. The molecule has 5 heteroatoms. The van der Waals surface area contributed by atoms with Crippen molar-refractivity contribution < 1.29 is 9.59 Å². The first-order valence-electron chi connectivity index (χ1n) is 6.03. The van der Waals surface area contributed by atoms with Crippen LogP contribution in [-0.4, -0.2) is 42.5 Å². The summed E-state index contributed by atoms with van der Waals surface area (Å²) in [5.74, 6) is -0.0786. The van der Waals surface area contributed by atoms with Crippen molar-refractivity contribution >= 4 is 11.9 Å². The van der Waals surface area contributed by atoms with E-state index in [0.717, 1.165) is 25.8 Å². The number of urea groups is 1. The van der Waals surface area contributed by atoms with Gasteiger partial charge in [0.25, 0.3) is 5.91 Å². The Balaban J connectivity index is 2.36. The van der Waals surface area contributed by atoms with Crippen molar-refractivity contribution in [1.29, 1.82) is 0 Å². The predicted molar refractivity (Wildman–Crippen MR) is 62.1 cm³/mol. The fourth-order valence-corrected chi connectivity index (χ4v) is 1.77. The number of carbonyl (C=O) groups excluding carboxylic acids is 2. The van der Waals surface area contributed by atoms with Crippen LogP contribution in [0.2, 0.25) is 0 Å². The van der Waals surface area contributed by atoms with Crippen molar-refractivity contribution in [2.75, 3.05) is 19.6 Å². The number of amides is 3. The van der Waals surface area contributed by atoms with Gasteiger partial charge in [-0.05, 0) is 19.4 Å². The van der Waals surface area contributed by atoms with Gasteiger partial charge in [-0.1, -0.05) is 20.3 Å². The molecule has 5 nitrogen and oxygen atoms in total. The number of nitrogens with one attached hydrogen (secondary N) is 2. The summed E-state index contributed by atoms with van der Waals surface area (Å²) in [4.78, 5) is 24.6. The molecule has 1 aliphatic rings. The van der Waals surface area contributed by atoms with Crippen LogP contribution in [0.15, 0.2) is 0 Å². The fraction of sp³-hybridized carbons (Fsp3) is 0.818. The third-order valence-electron chi connectivity index (χ3n) is 2.62. The van der Waals surface area contributed by atoms with Crippen LogP contribution >= 0.6 is 0 Å². The largest absolute Gasteiger partial charge is 0.326 e. The van der Waals surface area contributed by atoms with Gasteiger partial charge in [-0.25, -0.2) is 4.79 Å². The van der Waals surface area contributed by atoms with Crippen molar-refractivity contribution in [1.82, 2.24) is 15.5 Å². The molecule has 0 aromatic carbocycles. The Kier molecular flexibility index (Phi) is 5.25. The average molecular weight is 227 g/mol. The molecule has 0 saturated carbocycles. The molecule has 0 aromatic heterocycles. The molecule has 1 saturated heterocycles. The average Bonchev–Trinajstić information content (AvgIpc) is 2.52. The van der Waals surface area contributed by atoms with Gasteiger partial charge in [0, 0.05) is 13.1 Å². The quantitative estimate of drug-likeness (QED) is 0.497. The van der Waals surface area contributed by atoms with Crippen molar-refractivity contribution in [2.45, 2.75) is 39.2 Å². The zero-order chi connectivity index (χ0) is 12.0. The number of carbonyl (C=O) groups is 2. The van der Waals surface area contributed by atoms with Gasteiger partial charge in [-0.15, -0.1) is 0 Å². The molecule has 3 amide bonds. The number of imide groups is 1. The first-order chi connectivity index (χ1) is 7.70. The summed E-state index contributed by atoms with van der Waals surface area (Å²) in [5, 5.41) is 5.88. The van der Waals surface area contributed by atoms with Crippen molar-refractivity contribution in [3.05, 3.63) is 0 Å². The van der Waals surface area contributed by atoms with E-state index in [-0.39, 0.29) is 18.0 Å². The summed E-state index contributed by atoms with van der Waals surface area (Å²) in [7, 11) is 0. The van der Waals surface area contributed by atoms with E-state index in [1.54, 1.807) is 0 Å². The Hall–Kier alpha value is -1.10. The Labute approximate surface area is 96.6 Å². The van der Waals surface area contributed by atoms with Crippen LogP contribution < -0.4 is 10.6 Å². The third-order valence-corrected chi connectivity index (χ3v) is 2.62. The molecule has 0 aliphatic carbocycles. The van der Waals surface area contributed by atoms with E-state index in [4.69, 9.17) is 0 Å². The van der Waals surface area contributed by atoms with Crippen molar-refractivity contribution in [2.24, 2.45) is 0 Å². The van der Waals surface area contributed by atoms with E-state index >= 15 is 0 Å². The topological polar surface area (TPSA) is 61.4 Å². The first-order valence-corrected chi connectivity index (χ1v) is 6.03. The summed E-state index contributed by atoms with van der Waals surface area (Å²) >= 11 is 0. The van der Waals surface area contributed by atoms with Crippen LogP contribution in [0.3, 0.4) is 0 Å². The minimum absolute atomic E-state index is 0.0786. The summed E-state index contributed by atoms with van der Waals surface area (Å²) < 4.78 is 0. The molecule has 92 valence electrons. The highest BCUT2D eigenvalue weighted by atomic mass is 16.2.